The Balaban J connectivity index is 1.75. The van der Waals surface area contributed by atoms with Crippen LogP contribution in [0.3, 0.4) is 0 Å². The maximum Gasteiger partial charge on any atom is 0.294 e. The molecule has 0 fully saturated rings. The van der Waals surface area contributed by atoms with Crippen molar-refractivity contribution >= 4 is 38.5 Å². The van der Waals surface area contributed by atoms with Gasteiger partial charge in [0.1, 0.15) is 0 Å². The normalized spacial score (nSPS) is 13.3. The third kappa shape index (κ3) is 5.10. The van der Waals surface area contributed by atoms with E-state index in [9.17, 15) is 31.0 Å². The number of aromatic nitrogens is 4. The van der Waals surface area contributed by atoms with Crippen molar-refractivity contribution in [3.05, 3.63) is 97.1 Å². The Morgan fingerprint density at radius 1 is 0.868 bits per heavy atom. The number of aryl methyl sites for hydroxylation is 1. The first-order chi connectivity index (χ1) is 17.7. The zero-order valence-corrected chi connectivity index (χ0v) is 21.7. The quantitative estimate of drug-likeness (QED) is 0.250. The topological polar surface area (TPSA) is 184 Å². The molecule has 4 aromatic rings. The molecule has 0 unspecified atom stereocenters. The highest BCUT2D eigenvalue weighted by atomic mass is 32.2. The molecule has 4 N–H and O–H groups in total. The fraction of sp³-hybridized carbons (Fsp3) is 0.0833. The van der Waals surface area contributed by atoms with Crippen LogP contribution in [0.5, 0.6) is 0 Å². The summed E-state index contributed by atoms with van der Waals surface area (Å²) in [4.78, 5) is 25.4. The number of nitrogens with one attached hydrogen (secondary N) is 2. The third-order valence-corrected chi connectivity index (χ3v) is 7.46. The van der Waals surface area contributed by atoms with Gasteiger partial charge in [-0.15, -0.1) is 0 Å². The number of H-pyrrole nitrogens is 2. The monoisotopic (exact) mass is 558 g/mol. The minimum absolute atomic E-state index is 0.163. The predicted octanol–water partition coefficient (Wildman–Crippen LogP) is 0.741. The van der Waals surface area contributed by atoms with Crippen LogP contribution in [0, 0.1) is 6.92 Å². The summed E-state index contributed by atoms with van der Waals surface area (Å²) in [6.07, 6.45) is 3.03. The maximum absolute atomic E-state index is 13.1. The van der Waals surface area contributed by atoms with Crippen LogP contribution in [0.2, 0.25) is 0 Å². The Kier molecular flexibility index (Phi) is 6.75. The van der Waals surface area contributed by atoms with Gasteiger partial charge in [0, 0.05) is 5.69 Å². The molecule has 4 rings (SSSR count). The molecule has 0 spiro atoms. The number of allylic oxidation sites excluding steroid dienone is 2. The number of aromatic amines is 2. The first-order valence-corrected chi connectivity index (χ1v) is 13.7. The molecule has 0 aliphatic rings. The summed E-state index contributed by atoms with van der Waals surface area (Å²) < 4.78 is 66.2. The molecule has 0 atom stereocenters. The van der Waals surface area contributed by atoms with Gasteiger partial charge in [0.15, 0.2) is 0 Å². The van der Waals surface area contributed by atoms with E-state index in [1.54, 1.807) is 19.9 Å². The molecule has 14 heteroatoms. The largest absolute Gasteiger partial charge is 0.295 e. The fourth-order valence-corrected chi connectivity index (χ4v) is 4.88. The van der Waals surface area contributed by atoms with Crippen molar-refractivity contribution in [2.24, 2.45) is 0 Å². The molecular formula is C24H22N4O8S2. The van der Waals surface area contributed by atoms with Gasteiger partial charge >= 0.3 is 0 Å². The first-order valence-electron chi connectivity index (χ1n) is 10.8. The van der Waals surface area contributed by atoms with E-state index in [-0.39, 0.29) is 26.0 Å². The molecule has 0 aliphatic heterocycles. The van der Waals surface area contributed by atoms with Crippen molar-refractivity contribution in [3.63, 3.8) is 0 Å². The Labute approximate surface area is 216 Å². The second kappa shape index (κ2) is 9.57. The van der Waals surface area contributed by atoms with E-state index in [1.165, 1.54) is 53.2 Å². The van der Waals surface area contributed by atoms with Crippen molar-refractivity contribution in [3.8, 4) is 11.4 Å². The lowest BCUT2D eigenvalue weighted by Crippen LogP contribution is -2.33. The molecule has 0 radical (unpaired) electrons. The Morgan fingerprint density at radius 2 is 1.47 bits per heavy atom. The van der Waals surface area contributed by atoms with Crippen LogP contribution < -0.4 is 21.7 Å². The van der Waals surface area contributed by atoms with Gasteiger partial charge < -0.3 is 0 Å². The van der Waals surface area contributed by atoms with Crippen LogP contribution in [0.1, 0.15) is 18.2 Å². The predicted molar refractivity (Wildman–Crippen MR) is 140 cm³/mol. The molecule has 0 amide bonds. The average Bonchev–Trinajstić information content (AvgIpc) is 3.30. The van der Waals surface area contributed by atoms with Gasteiger partial charge in [-0.3, -0.25) is 28.9 Å². The van der Waals surface area contributed by atoms with E-state index in [2.05, 4.69) is 16.8 Å². The fourth-order valence-electron chi connectivity index (χ4n) is 3.88. The van der Waals surface area contributed by atoms with Gasteiger partial charge in [0.05, 0.1) is 37.3 Å². The van der Waals surface area contributed by atoms with Crippen LogP contribution in [0.15, 0.2) is 74.0 Å². The summed E-state index contributed by atoms with van der Waals surface area (Å²) >= 11 is 0. The number of hydrogen-bond donors (Lipinski definition) is 4. The van der Waals surface area contributed by atoms with Crippen LogP contribution in [0.4, 0.5) is 0 Å². The number of nitrogens with zero attached hydrogens (tertiary/aromatic N) is 2. The maximum atomic E-state index is 13.1. The molecule has 0 saturated heterocycles. The second-order valence-electron chi connectivity index (χ2n) is 8.35. The molecule has 2 aromatic heterocycles. The van der Waals surface area contributed by atoms with Crippen molar-refractivity contribution in [2.75, 3.05) is 0 Å². The summed E-state index contributed by atoms with van der Waals surface area (Å²) in [6.45, 7) is 7.16. The van der Waals surface area contributed by atoms with Gasteiger partial charge in [0.25, 0.3) is 31.4 Å². The molecule has 12 nitrogen and oxygen atoms in total. The standard InChI is InChI=1S/C24H22N4O8S2/c1-14(22-16(3)26-27(24(22)30)17-8-10-19(11-9-17)37(31,32)33)7-12-21-15(2)25-28(23(21)29)18-5-4-6-20(13-18)38(34,35)36/h4-13,25-26H,2H2,1,3H3,(H,31,32,33)(H,34,35,36). The Bertz CT molecular complexity index is 2040. The summed E-state index contributed by atoms with van der Waals surface area (Å²) in [5.74, 6) is 0. The highest BCUT2D eigenvalue weighted by molar-refractivity contribution is 7.86. The van der Waals surface area contributed by atoms with E-state index in [0.29, 0.717) is 22.5 Å². The lowest BCUT2D eigenvalue weighted by atomic mass is 10.1. The SMILES string of the molecule is C=c1[nH]n(-c2cccc(S(=O)(=O)O)c2)c(=O)c1=CC=C(C)c1c(C)[nH]n(-c2ccc(S(=O)(=O)O)cc2)c1=O. The van der Waals surface area contributed by atoms with Crippen molar-refractivity contribution in [2.45, 2.75) is 23.6 Å². The highest BCUT2D eigenvalue weighted by Crippen LogP contribution is 2.17. The second-order valence-corrected chi connectivity index (χ2v) is 11.2. The Hall–Kier alpha value is -4.24. The smallest absolute Gasteiger partial charge is 0.294 e. The van der Waals surface area contributed by atoms with Crippen LogP contribution in [-0.2, 0) is 20.2 Å². The van der Waals surface area contributed by atoms with E-state index >= 15 is 0 Å². The molecular weight excluding hydrogens is 536 g/mol. The zero-order chi connectivity index (χ0) is 28.0. The summed E-state index contributed by atoms with van der Waals surface area (Å²) in [7, 11) is -8.85. The van der Waals surface area contributed by atoms with E-state index in [0.717, 1.165) is 10.7 Å². The van der Waals surface area contributed by atoms with E-state index in [1.807, 2.05) is 0 Å². The van der Waals surface area contributed by atoms with Gasteiger partial charge in [-0.2, -0.15) is 16.8 Å². The summed E-state index contributed by atoms with van der Waals surface area (Å²) in [6, 6.07) is 10.2. The average molecular weight is 559 g/mol. The lowest BCUT2D eigenvalue weighted by Gasteiger charge is -2.03. The van der Waals surface area contributed by atoms with Gasteiger partial charge in [-0.1, -0.05) is 18.7 Å². The minimum Gasteiger partial charge on any atom is -0.295 e. The van der Waals surface area contributed by atoms with Crippen LogP contribution in [-0.4, -0.2) is 45.5 Å². The number of benzene rings is 2. The molecule has 2 heterocycles. The molecule has 0 saturated carbocycles. The summed E-state index contributed by atoms with van der Waals surface area (Å²) in [5, 5.41) is 6.07. The molecule has 2 aromatic carbocycles. The molecule has 0 bridgehead atoms. The van der Waals surface area contributed by atoms with Gasteiger partial charge in [-0.25, -0.2) is 9.36 Å². The zero-order valence-electron chi connectivity index (χ0n) is 20.0. The van der Waals surface area contributed by atoms with Gasteiger partial charge in [-0.05, 0) is 68.0 Å². The Morgan fingerprint density at radius 3 is 2.08 bits per heavy atom. The molecule has 0 aliphatic carbocycles. The van der Waals surface area contributed by atoms with Crippen LogP contribution in [0.25, 0.3) is 29.6 Å². The van der Waals surface area contributed by atoms with Crippen LogP contribution >= 0.6 is 0 Å². The van der Waals surface area contributed by atoms with Crippen molar-refractivity contribution < 1.29 is 25.9 Å². The summed E-state index contributed by atoms with van der Waals surface area (Å²) in [5.41, 5.74) is 0.897. The number of rotatable bonds is 6. The lowest BCUT2D eigenvalue weighted by molar-refractivity contribution is 0.481. The minimum atomic E-state index is -4.47. The first kappa shape index (κ1) is 26.8. The van der Waals surface area contributed by atoms with E-state index in [4.69, 9.17) is 4.55 Å². The van der Waals surface area contributed by atoms with E-state index < -0.39 is 31.4 Å². The highest BCUT2D eigenvalue weighted by Gasteiger charge is 2.16. The van der Waals surface area contributed by atoms with Crippen molar-refractivity contribution in [1.82, 2.24) is 19.6 Å². The van der Waals surface area contributed by atoms with Gasteiger partial charge in [0.2, 0.25) is 0 Å². The van der Waals surface area contributed by atoms with Crippen molar-refractivity contribution in [1.29, 1.82) is 0 Å². The number of hydrogen-bond acceptors (Lipinski definition) is 6. The molecule has 198 valence electrons. The molecule has 38 heavy (non-hydrogen) atoms. The third-order valence-electron chi connectivity index (χ3n) is 5.74.